The molecule has 0 amide bonds. The molecule has 0 N–H and O–H groups in total. The standard InChI is InChI=1S/C26H31N3O/c1-5-26-12-8-13-28-14-11-19-18-9-6-7-10-20(18)29(22(19)24(26)28)21(15-26)25-27-17(4)23(30-25)16(2)3/h6-7,9-10,15-16,24H,5,8,11-14H2,1-4H3/t24-,26?/m1/s1. The monoisotopic (exact) mass is 401 g/mol. The molecule has 0 spiro atoms. The van der Waals surface area contributed by atoms with Crippen LogP contribution in [0.4, 0.5) is 0 Å². The van der Waals surface area contributed by atoms with Gasteiger partial charge in [-0.25, -0.2) is 4.98 Å². The molecule has 0 saturated carbocycles. The van der Waals surface area contributed by atoms with Crippen molar-refractivity contribution < 1.29 is 4.42 Å². The quantitative estimate of drug-likeness (QED) is 0.535. The van der Waals surface area contributed by atoms with Crippen molar-refractivity contribution >= 4 is 16.6 Å². The summed E-state index contributed by atoms with van der Waals surface area (Å²) in [5.74, 6) is 2.13. The van der Waals surface area contributed by atoms with Crippen LogP contribution in [-0.2, 0) is 6.42 Å². The molecule has 0 bridgehead atoms. The summed E-state index contributed by atoms with van der Waals surface area (Å²) < 4.78 is 8.93. The number of rotatable bonds is 3. The lowest BCUT2D eigenvalue weighted by Crippen LogP contribution is -2.50. The molecule has 2 atom stereocenters. The molecular weight excluding hydrogens is 370 g/mol. The Bertz CT molecular complexity index is 1180. The highest BCUT2D eigenvalue weighted by molar-refractivity contribution is 5.91. The van der Waals surface area contributed by atoms with E-state index >= 15 is 0 Å². The van der Waals surface area contributed by atoms with E-state index in [1.165, 1.54) is 42.5 Å². The first-order valence-corrected chi connectivity index (χ1v) is 11.6. The van der Waals surface area contributed by atoms with Crippen molar-refractivity contribution in [3.8, 4) is 0 Å². The molecule has 4 heteroatoms. The zero-order valence-corrected chi connectivity index (χ0v) is 18.5. The summed E-state index contributed by atoms with van der Waals surface area (Å²) in [5.41, 5.74) is 6.68. The first kappa shape index (κ1) is 18.4. The van der Waals surface area contributed by atoms with Gasteiger partial charge in [-0.1, -0.05) is 39.0 Å². The van der Waals surface area contributed by atoms with Crippen molar-refractivity contribution in [1.29, 1.82) is 0 Å². The number of aryl methyl sites for hydroxylation is 1. The van der Waals surface area contributed by atoms with E-state index in [9.17, 15) is 0 Å². The molecule has 6 rings (SSSR count). The molecule has 1 aromatic carbocycles. The Morgan fingerprint density at radius 3 is 2.83 bits per heavy atom. The molecule has 3 aromatic rings. The second-order valence-electron chi connectivity index (χ2n) is 9.75. The van der Waals surface area contributed by atoms with Gasteiger partial charge in [0, 0.05) is 29.0 Å². The van der Waals surface area contributed by atoms with Gasteiger partial charge in [0.25, 0.3) is 0 Å². The van der Waals surface area contributed by atoms with Crippen LogP contribution in [0, 0.1) is 12.3 Å². The molecule has 0 aliphatic carbocycles. The fraction of sp³-hybridized carbons (Fsp3) is 0.500. The third-order valence-corrected chi connectivity index (χ3v) is 7.82. The molecule has 1 fully saturated rings. The number of fused-ring (bicyclic) bond motifs is 3. The van der Waals surface area contributed by atoms with Crippen LogP contribution in [0.3, 0.4) is 0 Å². The largest absolute Gasteiger partial charge is 0.439 e. The summed E-state index contributed by atoms with van der Waals surface area (Å²) >= 11 is 0. The van der Waals surface area contributed by atoms with Gasteiger partial charge in [-0.2, -0.15) is 0 Å². The SMILES string of the molecule is CCC12C=C(c3nc(C)c(C(C)C)o3)n3c4c(c5ccccc53)CCN(CCC1)[C@H]42. The normalized spacial score (nSPS) is 25.6. The summed E-state index contributed by atoms with van der Waals surface area (Å²) in [7, 11) is 0. The number of oxazole rings is 1. The van der Waals surface area contributed by atoms with Crippen LogP contribution < -0.4 is 0 Å². The van der Waals surface area contributed by atoms with E-state index in [0.717, 1.165) is 35.9 Å². The second-order valence-corrected chi connectivity index (χ2v) is 9.75. The number of para-hydroxylation sites is 1. The maximum Gasteiger partial charge on any atom is 0.243 e. The average molecular weight is 402 g/mol. The molecular formula is C26H31N3O. The van der Waals surface area contributed by atoms with E-state index in [-0.39, 0.29) is 5.41 Å². The second kappa shape index (κ2) is 6.34. The van der Waals surface area contributed by atoms with E-state index < -0.39 is 0 Å². The Labute approximate surface area is 178 Å². The smallest absolute Gasteiger partial charge is 0.243 e. The Kier molecular flexibility index (Phi) is 3.89. The molecule has 1 unspecified atom stereocenters. The van der Waals surface area contributed by atoms with Crippen LogP contribution in [0.5, 0.6) is 0 Å². The van der Waals surface area contributed by atoms with Gasteiger partial charge in [-0.15, -0.1) is 0 Å². The first-order chi connectivity index (χ1) is 14.5. The van der Waals surface area contributed by atoms with Crippen molar-refractivity contribution in [1.82, 2.24) is 14.5 Å². The molecule has 3 aliphatic heterocycles. The highest BCUT2D eigenvalue weighted by atomic mass is 16.4. The zero-order valence-electron chi connectivity index (χ0n) is 18.5. The van der Waals surface area contributed by atoms with Gasteiger partial charge >= 0.3 is 0 Å². The van der Waals surface area contributed by atoms with Crippen molar-refractivity contribution in [3.63, 3.8) is 0 Å². The first-order valence-electron chi connectivity index (χ1n) is 11.6. The minimum Gasteiger partial charge on any atom is -0.439 e. The number of hydrogen-bond acceptors (Lipinski definition) is 3. The van der Waals surface area contributed by atoms with Crippen molar-refractivity contribution in [3.05, 3.63) is 58.9 Å². The minimum atomic E-state index is 0.160. The summed E-state index contributed by atoms with van der Waals surface area (Å²) in [6.45, 7) is 11.2. The Hall–Kier alpha value is -2.33. The van der Waals surface area contributed by atoms with E-state index in [0.29, 0.717) is 12.0 Å². The van der Waals surface area contributed by atoms with Gasteiger partial charge < -0.3 is 8.98 Å². The van der Waals surface area contributed by atoms with Gasteiger partial charge in [0.1, 0.15) is 11.5 Å². The highest BCUT2D eigenvalue weighted by Gasteiger charge is 2.50. The molecule has 0 radical (unpaired) electrons. The number of aromatic nitrogens is 2. The van der Waals surface area contributed by atoms with Crippen LogP contribution >= 0.6 is 0 Å². The highest BCUT2D eigenvalue weighted by Crippen LogP contribution is 2.57. The van der Waals surface area contributed by atoms with E-state index in [1.54, 1.807) is 5.56 Å². The third-order valence-electron chi connectivity index (χ3n) is 7.82. The van der Waals surface area contributed by atoms with Gasteiger partial charge in [-0.05, 0) is 56.9 Å². The molecule has 3 aliphatic rings. The van der Waals surface area contributed by atoms with Crippen LogP contribution in [-0.4, -0.2) is 27.5 Å². The van der Waals surface area contributed by atoms with Crippen LogP contribution in [0.1, 0.15) is 80.6 Å². The van der Waals surface area contributed by atoms with E-state index in [4.69, 9.17) is 9.40 Å². The maximum absolute atomic E-state index is 6.43. The van der Waals surface area contributed by atoms with E-state index in [1.807, 2.05) is 0 Å². The van der Waals surface area contributed by atoms with Crippen molar-refractivity contribution in [2.45, 2.75) is 65.3 Å². The van der Waals surface area contributed by atoms with Crippen LogP contribution in [0.15, 0.2) is 34.8 Å². The predicted octanol–water partition coefficient (Wildman–Crippen LogP) is 6.05. The molecule has 5 heterocycles. The maximum atomic E-state index is 6.43. The third kappa shape index (κ3) is 2.29. The number of piperidine rings is 1. The fourth-order valence-electron chi connectivity index (χ4n) is 6.49. The Morgan fingerprint density at radius 1 is 1.23 bits per heavy atom. The van der Waals surface area contributed by atoms with E-state index in [2.05, 4.69) is 67.5 Å². The fourth-order valence-corrected chi connectivity index (χ4v) is 6.49. The summed E-state index contributed by atoms with van der Waals surface area (Å²) in [4.78, 5) is 7.69. The van der Waals surface area contributed by atoms with Crippen LogP contribution in [0.2, 0.25) is 0 Å². The molecule has 2 aromatic heterocycles. The topological polar surface area (TPSA) is 34.2 Å². The summed E-state index contributed by atoms with van der Waals surface area (Å²) in [6, 6.07) is 9.39. The molecule has 4 nitrogen and oxygen atoms in total. The predicted molar refractivity (Wildman–Crippen MR) is 121 cm³/mol. The van der Waals surface area contributed by atoms with Gasteiger partial charge in [-0.3, -0.25) is 4.90 Å². The van der Waals surface area contributed by atoms with Gasteiger partial charge in [0.15, 0.2) is 0 Å². The van der Waals surface area contributed by atoms with Gasteiger partial charge in [0.2, 0.25) is 5.89 Å². The molecule has 30 heavy (non-hydrogen) atoms. The summed E-state index contributed by atoms with van der Waals surface area (Å²) in [6.07, 6.45) is 7.33. The lowest BCUT2D eigenvalue weighted by molar-refractivity contribution is 0.0269. The van der Waals surface area contributed by atoms with Crippen molar-refractivity contribution in [2.24, 2.45) is 5.41 Å². The number of benzene rings is 1. The molecule has 156 valence electrons. The minimum absolute atomic E-state index is 0.160. The lowest BCUT2D eigenvalue weighted by Gasteiger charge is -2.53. The number of hydrogen-bond donors (Lipinski definition) is 0. The molecule has 1 saturated heterocycles. The average Bonchev–Trinajstić information content (AvgIpc) is 3.31. The summed E-state index contributed by atoms with van der Waals surface area (Å²) in [5, 5.41) is 1.41. The van der Waals surface area contributed by atoms with Crippen LogP contribution in [0.25, 0.3) is 16.6 Å². The van der Waals surface area contributed by atoms with Gasteiger partial charge in [0.05, 0.1) is 17.3 Å². The lowest BCUT2D eigenvalue weighted by atomic mass is 9.66. The number of nitrogens with zero attached hydrogens (tertiary/aromatic N) is 3. The zero-order chi connectivity index (χ0) is 20.6. The Morgan fingerprint density at radius 2 is 2.07 bits per heavy atom. The Balaban J connectivity index is 1.69. The van der Waals surface area contributed by atoms with Crippen molar-refractivity contribution in [2.75, 3.05) is 13.1 Å².